The van der Waals surface area contributed by atoms with Gasteiger partial charge in [0.05, 0.1) is 6.54 Å². The smallest absolute Gasteiger partial charge is 0.255 e. The molecule has 0 aliphatic rings. The molecule has 0 saturated heterocycles. The Bertz CT molecular complexity index is 1410. The first-order chi connectivity index (χ1) is 17.9. The highest BCUT2D eigenvalue weighted by Crippen LogP contribution is 2.17. The van der Waals surface area contributed by atoms with E-state index in [9.17, 15) is 14.4 Å². The molecule has 0 aromatic heterocycles. The number of carbonyl (C=O) groups is 3. The van der Waals surface area contributed by atoms with Gasteiger partial charge in [-0.2, -0.15) is 0 Å². The van der Waals surface area contributed by atoms with E-state index >= 15 is 0 Å². The summed E-state index contributed by atoms with van der Waals surface area (Å²) in [6, 6.07) is 28.8. The van der Waals surface area contributed by atoms with Crippen LogP contribution in [-0.4, -0.2) is 24.3 Å². The van der Waals surface area contributed by atoms with Crippen LogP contribution < -0.4 is 21.3 Å². The summed E-state index contributed by atoms with van der Waals surface area (Å²) in [4.78, 5) is 37.1. The average Bonchev–Trinajstić information content (AvgIpc) is 2.89. The Hall–Kier alpha value is -4.91. The van der Waals surface area contributed by atoms with Crippen LogP contribution in [-0.2, 0) is 4.79 Å². The summed E-state index contributed by atoms with van der Waals surface area (Å²) < 4.78 is 0. The average molecular weight is 493 g/mol. The van der Waals surface area contributed by atoms with Crippen LogP contribution in [0.4, 0.5) is 22.7 Å². The summed E-state index contributed by atoms with van der Waals surface area (Å²) in [5, 5.41) is 11.6. The van der Waals surface area contributed by atoms with Gasteiger partial charge in [-0.3, -0.25) is 14.4 Å². The van der Waals surface area contributed by atoms with Crippen LogP contribution in [0.15, 0.2) is 97.1 Å². The van der Waals surface area contributed by atoms with Crippen molar-refractivity contribution in [3.63, 3.8) is 0 Å². The van der Waals surface area contributed by atoms with E-state index in [-0.39, 0.29) is 24.3 Å². The highest BCUT2D eigenvalue weighted by atomic mass is 16.2. The lowest BCUT2D eigenvalue weighted by Gasteiger charge is -2.10. The van der Waals surface area contributed by atoms with Crippen LogP contribution in [0.25, 0.3) is 0 Å². The number of rotatable bonds is 8. The fourth-order valence-electron chi connectivity index (χ4n) is 3.67. The Morgan fingerprint density at radius 1 is 0.541 bits per heavy atom. The van der Waals surface area contributed by atoms with Gasteiger partial charge in [0.2, 0.25) is 5.91 Å². The maximum absolute atomic E-state index is 12.4. The molecule has 3 amide bonds. The molecular formula is C30H28N4O3. The number of hydrogen-bond donors (Lipinski definition) is 4. The van der Waals surface area contributed by atoms with Gasteiger partial charge in [0.1, 0.15) is 0 Å². The lowest BCUT2D eigenvalue weighted by Crippen LogP contribution is -2.21. The molecule has 0 bridgehead atoms. The molecule has 0 spiro atoms. The van der Waals surface area contributed by atoms with E-state index in [1.807, 2.05) is 50.2 Å². The minimum Gasteiger partial charge on any atom is -0.376 e. The van der Waals surface area contributed by atoms with E-state index in [2.05, 4.69) is 21.3 Å². The maximum Gasteiger partial charge on any atom is 0.255 e. The number of aryl methyl sites for hydroxylation is 2. The first-order valence-electron chi connectivity index (χ1n) is 11.9. The molecular weight excluding hydrogens is 464 g/mol. The topological polar surface area (TPSA) is 99.3 Å². The molecule has 0 heterocycles. The molecule has 0 aliphatic heterocycles. The summed E-state index contributed by atoms with van der Waals surface area (Å²) >= 11 is 0. The lowest BCUT2D eigenvalue weighted by molar-refractivity contribution is -0.114. The van der Waals surface area contributed by atoms with Gasteiger partial charge >= 0.3 is 0 Å². The van der Waals surface area contributed by atoms with E-state index in [0.717, 1.165) is 16.8 Å². The fourth-order valence-corrected chi connectivity index (χ4v) is 3.67. The van der Waals surface area contributed by atoms with E-state index in [1.54, 1.807) is 60.7 Å². The Labute approximate surface area is 215 Å². The molecule has 0 saturated carbocycles. The van der Waals surface area contributed by atoms with Gasteiger partial charge in [0.25, 0.3) is 11.8 Å². The molecule has 37 heavy (non-hydrogen) atoms. The highest BCUT2D eigenvalue weighted by molar-refractivity contribution is 6.05. The predicted molar refractivity (Wildman–Crippen MR) is 148 cm³/mol. The number of anilines is 4. The normalized spacial score (nSPS) is 10.3. The van der Waals surface area contributed by atoms with Gasteiger partial charge in [-0.15, -0.1) is 0 Å². The van der Waals surface area contributed by atoms with Crippen molar-refractivity contribution in [3.8, 4) is 0 Å². The minimum absolute atomic E-state index is 0.0703. The molecule has 4 rings (SSSR count). The third-order valence-corrected chi connectivity index (χ3v) is 5.58. The van der Waals surface area contributed by atoms with E-state index in [4.69, 9.17) is 0 Å². The Morgan fingerprint density at radius 2 is 0.946 bits per heavy atom. The monoisotopic (exact) mass is 492 g/mol. The zero-order valence-corrected chi connectivity index (χ0v) is 20.7. The number of benzene rings is 4. The summed E-state index contributed by atoms with van der Waals surface area (Å²) in [6.45, 7) is 3.95. The van der Waals surface area contributed by atoms with Crippen molar-refractivity contribution in [3.05, 3.63) is 119 Å². The van der Waals surface area contributed by atoms with Crippen LogP contribution in [0, 0.1) is 13.8 Å². The Morgan fingerprint density at radius 3 is 1.38 bits per heavy atom. The second-order valence-corrected chi connectivity index (χ2v) is 8.70. The largest absolute Gasteiger partial charge is 0.376 e. The number of carbonyl (C=O) groups excluding carboxylic acids is 3. The lowest BCUT2D eigenvalue weighted by atomic mass is 10.1. The Balaban J connectivity index is 1.23. The van der Waals surface area contributed by atoms with Gasteiger partial charge in [-0.05, 0) is 86.6 Å². The SMILES string of the molecule is Cc1cccc(C(=O)Nc2ccc(NCC(=O)Nc3ccc(NC(=O)c4cccc(C)c4)cc3)cc2)c1. The van der Waals surface area contributed by atoms with Crippen molar-refractivity contribution >= 4 is 40.5 Å². The van der Waals surface area contributed by atoms with Crippen LogP contribution >= 0.6 is 0 Å². The minimum atomic E-state index is -0.214. The van der Waals surface area contributed by atoms with Crippen molar-refractivity contribution in [2.75, 3.05) is 27.8 Å². The number of amides is 3. The van der Waals surface area contributed by atoms with Crippen LogP contribution in [0.1, 0.15) is 31.8 Å². The number of nitrogens with one attached hydrogen (secondary N) is 4. The first kappa shape index (κ1) is 25.2. The number of hydrogen-bond acceptors (Lipinski definition) is 4. The van der Waals surface area contributed by atoms with Crippen LogP contribution in [0.2, 0.25) is 0 Å². The molecule has 0 radical (unpaired) electrons. The second-order valence-electron chi connectivity index (χ2n) is 8.70. The van der Waals surface area contributed by atoms with Gasteiger partial charge in [-0.25, -0.2) is 0 Å². The standard InChI is InChI=1S/C30H28N4O3/c1-20-5-3-7-22(17-20)29(36)33-26-11-9-24(10-12-26)31-19-28(35)32-25-13-15-27(16-14-25)34-30(37)23-8-4-6-21(2)18-23/h3-18,31H,19H2,1-2H3,(H,32,35)(H,33,36)(H,34,37). The van der Waals surface area contributed by atoms with Crippen LogP contribution in [0.3, 0.4) is 0 Å². The molecule has 4 aromatic carbocycles. The van der Waals surface area contributed by atoms with E-state index in [1.165, 1.54) is 0 Å². The third kappa shape index (κ3) is 7.29. The zero-order chi connectivity index (χ0) is 26.2. The summed E-state index contributed by atoms with van der Waals surface area (Å²) in [6.07, 6.45) is 0. The highest BCUT2D eigenvalue weighted by Gasteiger charge is 2.08. The molecule has 4 aromatic rings. The van der Waals surface area contributed by atoms with E-state index < -0.39 is 0 Å². The molecule has 7 nitrogen and oxygen atoms in total. The van der Waals surface area contributed by atoms with Gasteiger partial charge in [0.15, 0.2) is 0 Å². The summed E-state index contributed by atoms with van der Waals surface area (Å²) in [5.74, 6) is -0.580. The van der Waals surface area contributed by atoms with Gasteiger partial charge in [-0.1, -0.05) is 35.4 Å². The molecule has 186 valence electrons. The zero-order valence-electron chi connectivity index (χ0n) is 20.7. The molecule has 0 unspecified atom stereocenters. The molecule has 0 aliphatic carbocycles. The van der Waals surface area contributed by atoms with Crippen molar-refractivity contribution in [1.82, 2.24) is 0 Å². The molecule has 4 N–H and O–H groups in total. The quantitative estimate of drug-likeness (QED) is 0.248. The molecule has 7 heteroatoms. The van der Waals surface area contributed by atoms with E-state index in [0.29, 0.717) is 28.2 Å². The van der Waals surface area contributed by atoms with Crippen LogP contribution in [0.5, 0.6) is 0 Å². The van der Waals surface area contributed by atoms with Crippen molar-refractivity contribution < 1.29 is 14.4 Å². The molecule has 0 fully saturated rings. The van der Waals surface area contributed by atoms with Crippen molar-refractivity contribution in [2.24, 2.45) is 0 Å². The molecule has 0 atom stereocenters. The Kier molecular flexibility index (Phi) is 7.95. The fraction of sp³-hybridized carbons (Fsp3) is 0.100. The maximum atomic E-state index is 12.4. The predicted octanol–water partition coefficient (Wildman–Crippen LogP) is 5.86. The van der Waals surface area contributed by atoms with Crippen molar-refractivity contribution in [2.45, 2.75) is 13.8 Å². The first-order valence-corrected chi connectivity index (χ1v) is 11.9. The third-order valence-electron chi connectivity index (χ3n) is 5.58. The second kappa shape index (κ2) is 11.7. The van der Waals surface area contributed by atoms with Crippen molar-refractivity contribution in [1.29, 1.82) is 0 Å². The summed E-state index contributed by atoms with van der Waals surface area (Å²) in [7, 11) is 0. The van der Waals surface area contributed by atoms with Gasteiger partial charge < -0.3 is 21.3 Å². The summed E-state index contributed by atoms with van der Waals surface area (Å²) in [5.41, 5.74) is 5.89. The van der Waals surface area contributed by atoms with Gasteiger partial charge in [0, 0.05) is 33.9 Å².